The lowest BCUT2D eigenvalue weighted by Gasteiger charge is -2.09. The highest BCUT2D eigenvalue weighted by atomic mass is 16.5. The molecular formula is C26H24N2O8. The van der Waals surface area contributed by atoms with Gasteiger partial charge in [-0.3, -0.25) is 9.69 Å². The highest BCUT2D eigenvalue weighted by Gasteiger charge is 2.34. The van der Waals surface area contributed by atoms with E-state index in [1.54, 1.807) is 36.4 Å². The highest BCUT2D eigenvalue weighted by molar-refractivity contribution is 6.13. The molecule has 3 amide bonds. The largest absolute Gasteiger partial charge is 0.463 e. The van der Waals surface area contributed by atoms with Crippen LogP contribution in [0.2, 0.25) is 0 Å². The number of nitrogens with one attached hydrogen (secondary N) is 1. The molecule has 10 nitrogen and oxygen atoms in total. The van der Waals surface area contributed by atoms with Gasteiger partial charge in [0.2, 0.25) is 5.76 Å². The van der Waals surface area contributed by atoms with Crippen molar-refractivity contribution < 1.29 is 37.5 Å². The van der Waals surface area contributed by atoms with E-state index < -0.39 is 17.9 Å². The summed E-state index contributed by atoms with van der Waals surface area (Å²) < 4.78 is 20.9. The zero-order valence-corrected chi connectivity index (χ0v) is 19.7. The molecule has 3 aromatic rings. The van der Waals surface area contributed by atoms with Gasteiger partial charge in [0.1, 0.15) is 23.0 Å². The van der Waals surface area contributed by atoms with Crippen molar-refractivity contribution in [3.63, 3.8) is 0 Å². The first-order chi connectivity index (χ1) is 17.4. The number of imide groups is 1. The molecule has 186 valence electrons. The van der Waals surface area contributed by atoms with E-state index >= 15 is 0 Å². The maximum atomic E-state index is 12.7. The van der Waals surface area contributed by atoms with E-state index in [2.05, 4.69) is 10.1 Å². The van der Waals surface area contributed by atoms with Gasteiger partial charge < -0.3 is 23.6 Å². The monoisotopic (exact) mass is 492 g/mol. The van der Waals surface area contributed by atoms with Crippen LogP contribution in [0.4, 0.5) is 4.79 Å². The van der Waals surface area contributed by atoms with Crippen LogP contribution in [-0.2, 0) is 20.8 Å². The first-order valence-electron chi connectivity index (χ1n) is 11.3. The Kier molecular flexibility index (Phi) is 7.33. The molecule has 0 aliphatic carbocycles. The van der Waals surface area contributed by atoms with Crippen LogP contribution in [0, 0.1) is 0 Å². The Balaban J connectivity index is 1.42. The van der Waals surface area contributed by atoms with E-state index in [4.69, 9.17) is 13.6 Å². The minimum absolute atomic E-state index is 0.0279. The van der Waals surface area contributed by atoms with E-state index in [1.807, 2.05) is 6.92 Å². The Bertz CT molecular complexity index is 1320. The number of carbonyl (C=O) groups is 4. The van der Waals surface area contributed by atoms with Crippen LogP contribution in [-0.4, -0.2) is 42.5 Å². The molecular weight excluding hydrogens is 468 g/mol. The summed E-state index contributed by atoms with van der Waals surface area (Å²) >= 11 is 0. The Morgan fingerprint density at radius 3 is 2.50 bits per heavy atom. The van der Waals surface area contributed by atoms with Crippen molar-refractivity contribution in [2.45, 2.75) is 26.3 Å². The molecule has 0 bridgehead atoms. The number of carbonyl (C=O) groups excluding carboxylic acids is 4. The number of hydrogen-bond acceptors (Lipinski definition) is 8. The van der Waals surface area contributed by atoms with Crippen LogP contribution < -0.4 is 5.32 Å². The number of benzene rings is 1. The van der Waals surface area contributed by atoms with Crippen molar-refractivity contribution in [1.82, 2.24) is 10.2 Å². The first kappa shape index (κ1) is 24.5. The minimum atomic E-state index is -0.658. The van der Waals surface area contributed by atoms with Gasteiger partial charge in [0, 0.05) is 11.6 Å². The lowest BCUT2D eigenvalue weighted by molar-refractivity contribution is -0.123. The first-order valence-corrected chi connectivity index (χ1v) is 11.3. The number of amides is 3. The normalized spacial score (nSPS) is 14.3. The molecule has 0 saturated carbocycles. The Labute approximate surface area is 206 Å². The van der Waals surface area contributed by atoms with Crippen LogP contribution in [0.25, 0.3) is 17.4 Å². The molecule has 1 saturated heterocycles. The van der Waals surface area contributed by atoms with Crippen molar-refractivity contribution in [2.24, 2.45) is 0 Å². The Hall–Kier alpha value is -4.60. The molecule has 1 aliphatic rings. The van der Waals surface area contributed by atoms with E-state index in [0.29, 0.717) is 23.7 Å². The number of hydrogen-bond donors (Lipinski definition) is 1. The Morgan fingerprint density at radius 1 is 1.00 bits per heavy atom. The van der Waals surface area contributed by atoms with Crippen LogP contribution >= 0.6 is 0 Å². The third-order valence-electron chi connectivity index (χ3n) is 5.37. The second kappa shape index (κ2) is 10.8. The number of unbranched alkanes of at least 4 members (excludes halogenated alkanes) is 1. The fourth-order valence-corrected chi connectivity index (χ4v) is 3.44. The highest BCUT2D eigenvalue weighted by Crippen LogP contribution is 2.25. The molecule has 1 N–H and O–H groups in total. The van der Waals surface area contributed by atoms with Crippen molar-refractivity contribution in [1.29, 1.82) is 0 Å². The van der Waals surface area contributed by atoms with Gasteiger partial charge in [-0.1, -0.05) is 25.5 Å². The van der Waals surface area contributed by atoms with E-state index in [0.717, 1.165) is 23.3 Å². The van der Waals surface area contributed by atoms with Crippen molar-refractivity contribution in [3.8, 4) is 11.3 Å². The van der Waals surface area contributed by atoms with Gasteiger partial charge in [-0.15, -0.1) is 0 Å². The molecule has 1 fully saturated rings. The molecule has 4 rings (SSSR count). The molecule has 10 heteroatoms. The SMILES string of the molecule is CCCCOC(=O)c1ccc(-c2ccc(C=C3NC(=O)N(Cc4ccc(C(=O)OC)o4)C3=O)o2)cc1. The predicted octanol–water partition coefficient (Wildman–Crippen LogP) is 4.38. The summed E-state index contributed by atoms with van der Waals surface area (Å²) in [6.07, 6.45) is 3.18. The average molecular weight is 492 g/mol. The van der Waals surface area contributed by atoms with Gasteiger partial charge in [-0.05, 0) is 42.8 Å². The van der Waals surface area contributed by atoms with E-state index in [9.17, 15) is 19.2 Å². The van der Waals surface area contributed by atoms with Crippen LogP contribution in [0.5, 0.6) is 0 Å². The molecule has 1 aliphatic heterocycles. The predicted molar refractivity (Wildman–Crippen MR) is 126 cm³/mol. The number of methoxy groups -OCH3 is 1. The van der Waals surface area contributed by atoms with Crippen molar-refractivity contribution in [3.05, 3.63) is 77.1 Å². The zero-order chi connectivity index (χ0) is 25.7. The average Bonchev–Trinajstić information content (AvgIpc) is 3.61. The molecule has 3 heterocycles. The molecule has 0 spiro atoms. The lowest BCUT2D eigenvalue weighted by atomic mass is 10.1. The molecule has 2 aromatic heterocycles. The fourth-order valence-electron chi connectivity index (χ4n) is 3.44. The molecule has 36 heavy (non-hydrogen) atoms. The third-order valence-corrected chi connectivity index (χ3v) is 5.37. The van der Waals surface area contributed by atoms with Gasteiger partial charge in [-0.2, -0.15) is 0 Å². The number of furan rings is 2. The number of nitrogens with zero attached hydrogens (tertiary/aromatic N) is 1. The third kappa shape index (κ3) is 5.38. The lowest BCUT2D eigenvalue weighted by Crippen LogP contribution is -2.30. The summed E-state index contributed by atoms with van der Waals surface area (Å²) in [4.78, 5) is 49.6. The Morgan fingerprint density at radius 2 is 1.78 bits per heavy atom. The number of esters is 2. The maximum Gasteiger partial charge on any atom is 0.373 e. The summed E-state index contributed by atoms with van der Waals surface area (Å²) in [7, 11) is 1.22. The van der Waals surface area contributed by atoms with Gasteiger partial charge in [-0.25, -0.2) is 14.4 Å². The maximum absolute atomic E-state index is 12.7. The number of urea groups is 1. The van der Waals surface area contributed by atoms with Crippen molar-refractivity contribution in [2.75, 3.05) is 13.7 Å². The number of ether oxygens (including phenoxy) is 2. The molecule has 1 aromatic carbocycles. The quantitative estimate of drug-likeness (QED) is 0.202. The van der Waals surface area contributed by atoms with Gasteiger partial charge >= 0.3 is 18.0 Å². The molecule has 0 unspecified atom stereocenters. The fraction of sp³-hybridized carbons (Fsp3) is 0.231. The second-order valence-corrected chi connectivity index (χ2v) is 7.91. The van der Waals surface area contributed by atoms with Crippen LogP contribution in [0.1, 0.15) is 52.2 Å². The summed E-state index contributed by atoms with van der Waals surface area (Å²) in [6.45, 7) is 2.25. The minimum Gasteiger partial charge on any atom is -0.463 e. The second-order valence-electron chi connectivity index (χ2n) is 7.91. The van der Waals surface area contributed by atoms with Gasteiger partial charge in [0.15, 0.2) is 0 Å². The zero-order valence-electron chi connectivity index (χ0n) is 19.7. The summed E-state index contributed by atoms with van der Waals surface area (Å²) in [5, 5.41) is 2.51. The molecule has 0 radical (unpaired) electrons. The standard InChI is InChI=1S/C26H24N2O8/c1-3-4-13-34-24(30)17-7-5-16(6-8-17)21-11-9-18(35-21)14-20-23(29)28(26(32)27-20)15-19-10-12-22(36-19)25(31)33-2/h5-12,14H,3-4,13,15H2,1-2H3,(H,27,32). The van der Waals surface area contributed by atoms with Crippen LogP contribution in [0.3, 0.4) is 0 Å². The van der Waals surface area contributed by atoms with Gasteiger partial charge in [0.25, 0.3) is 5.91 Å². The number of rotatable bonds is 9. The van der Waals surface area contributed by atoms with Crippen molar-refractivity contribution >= 4 is 30.0 Å². The summed E-state index contributed by atoms with van der Waals surface area (Å²) in [5.74, 6) is -0.514. The molecule has 0 atom stereocenters. The summed E-state index contributed by atoms with van der Waals surface area (Å²) in [5.41, 5.74) is 1.21. The van der Waals surface area contributed by atoms with E-state index in [-0.39, 0.29) is 29.7 Å². The van der Waals surface area contributed by atoms with Gasteiger partial charge in [0.05, 0.1) is 25.8 Å². The van der Waals surface area contributed by atoms with Crippen LogP contribution in [0.15, 0.2) is 63.1 Å². The summed E-state index contributed by atoms with van der Waals surface area (Å²) in [6, 6.07) is 12.4. The smallest absolute Gasteiger partial charge is 0.373 e. The van der Waals surface area contributed by atoms with E-state index in [1.165, 1.54) is 25.3 Å². The topological polar surface area (TPSA) is 128 Å².